The van der Waals surface area contributed by atoms with Crippen LogP contribution in [0.3, 0.4) is 0 Å². The lowest BCUT2D eigenvalue weighted by Crippen LogP contribution is -2.34. The number of benzene rings is 1. The molecule has 1 aromatic heterocycles. The van der Waals surface area contributed by atoms with E-state index < -0.39 is 17.9 Å². The van der Waals surface area contributed by atoms with Gasteiger partial charge in [-0.25, -0.2) is 4.79 Å². The Labute approximate surface area is 149 Å². The zero-order valence-electron chi connectivity index (χ0n) is 14.3. The average Bonchev–Trinajstić information content (AvgIpc) is 3.02. The first-order chi connectivity index (χ1) is 11.6. The lowest BCUT2D eigenvalue weighted by Gasteiger charge is -2.15. The van der Waals surface area contributed by atoms with Crippen LogP contribution in [0.2, 0.25) is 5.02 Å². The van der Waals surface area contributed by atoms with E-state index >= 15 is 0 Å². The summed E-state index contributed by atoms with van der Waals surface area (Å²) < 4.78 is 10.2. The van der Waals surface area contributed by atoms with Gasteiger partial charge in [0.25, 0.3) is 5.91 Å². The quantitative estimate of drug-likeness (QED) is 0.842. The molecule has 0 aliphatic rings. The van der Waals surface area contributed by atoms with Crippen molar-refractivity contribution in [1.82, 2.24) is 10.5 Å². The molecule has 8 heteroatoms. The summed E-state index contributed by atoms with van der Waals surface area (Å²) in [5.41, 5.74) is 0.00306. The fraction of sp³-hybridized carbons (Fsp3) is 0.353. The number of hydrogen-bond acceptors (Lipinski definition) is 5. The van der Waals surface area contributed by atoms with E-state index in [1.165, 1.54) is 31.4 Å². The molecule has 0 fully saturated rings. The number of aliphatic carboxylic acids is 1. The molecule has 25 heavy (non-hydrogen) atoms. The number of methoxy groups -OCH3 is 1. The summed E-state index contributed by atoms with van der Waals surface area (Å²) in [4.78, 5) is 23.9. The van der Waals surface area contributed by atoms with Crippen LogP contribution in [0.25, 0.3) is 0 Å². The van der Waals surface area contributed by atoms with Crippen molar-refractivity contribution >= 4 is 23.5 Å². The van der Waals surface area contributed by atoms with Gasteiger partial charge < -0.3 is 19.7 Å². The fourth-order valence-corrected chi connectivity index (χ4v) is 2.36. The van der Waals surface area contributed by atoms with E-state index in [9.17, 15) is 14.7 Å². The summed E-state index contributed by atoms with van der Waals surface area (Å²) in [6, 6.07) is 4.70. The predicted molar refractivity (Wildman–Crippen MR) is 91.1 cm³/mol. The Morgan fingerprint density at radius 2 is 2.00 bits per heavy atom. The maximum Gasteiger partial charge on any atom is 0.330 e. The molecule has 0 spiro atoms. The first-order valence-corrected chi connectivity index (χ1v) is 7.85. The van der Waals surface area contributed by atoms with Crippen molar-refractivity contribution in [2.45, 2.75) is 32.2 Å². The highest BCUT2D eigenvalue weighted by Gasteiger charge is 2.27. The Bertz CT molecular complexity index is 795. The van der Waals surface area contributed by atoms with Gasteiger partial charge in [0.15, 0.2) is 11.7 Å². The van der Waals surface area contributed by atoms with Crippen LogP contribution in [-0.2, 0) is 10.2 Å². The van der Waals surface area contributed by atoms with Crippen molar-refractivity contribution in [1.29, 1.82) is 0 Å². The van der Waals surface area contributed by atoms with Crippen molar-refractivity contribution in [3.05, 3.63) is 46.3 Å². The molecular weight excluding hydrogens is 348 g/mol. The molecule has 0 bridgehead atoms. The van der Waals surface area contributed by atoms with Crippen molar-refractivity contribution in [3.63, 3.8) is 0 Å². The minimum Gasteiger partial charge on any atom is -0.495 e. The number of ether oxygens (including phenoxy) is 1. The number of rotatable bonds is 5. The largest absolute Gasteiger partial charge is 0.495 e. The van der Waals surface area contributed by atoms with Gasteiger partial charge in [0.2, 0.25) is 0 Å². The van der Waals surface area contributed by atoms with Crippen molar-refractivity contribution in [2.24, 2.45) is 0 Å². The van der Waals surface area contributed by atoms with E-state index in [1.807, 2.05) is 20.8 Å². The van der Waals surface area contributed by atoms with Crippen molar-refractivity contribution in [2.75, 3.05) is 7.11 Å². The highest BCUT2D eigenvalue weighted by Crippen LogP contribution is 2.28. The van der Waals surface area contributed by atoms with E-state index in [4.69, 9.17) is 20.9 Å². The third-order valence-corrected chi connectivity index (χ3v) is 3.81. The summed E-state index contributed by atoms with van der Waals surface area (Å²) in [6.07, 6.45) is 0. The van der Waals surface area contributed by atoms with Crippen LogP contribution in [0.5, 0.6) is 5.75 Å². The molecular formula is C17H19ClN2O5. The normalized spacial score (nSPS) is 12.5. The van der Waals surface area contributed by atoms with E-state index in [1.54, 1.807) is 0 Å². The molecule has 0 saturated carbocycles. The number of carboxylic acids is 1. The molecule has 1 heterocycles. The van der Waals surface area contributed by atoms with Gasteiger partial charge in [-0.15, -0.1) is 0 Å². The molecule has 1 aromatic carbocycles. The number of carboxylic acid groups (broad SMARTS) is 1. The van der Waals surface area contributed by atoms with E-state index in [0.29, 0.717) is 17.1 Å². The third kappa shape index (κ3) is 4.30. The average molecular weight is 367 g/mol. The number of aromatic nitrogens is 1. The minimum atomic E-state index is -1.29. The van der Waals surface area contributed by atoms with Crippen LogP contribution >= 0.6 is 11.6 Å². The molecule has 0 radical (unpaired) electrons. The van der Waals surface area contributed by atoms with E-state index in [2.05, 4.69) is 10.5 Å². The molecule has 2 N–H and O–H groups in total. The summed E-state index contributed by atoms with van der Waals surface area (Å²) in [5, 5.41) is 15.8. The number of nitrogens with zero attached hydrogens (tertiary/aromatic N) is 1. The van der Waals surface area contributed by atoms with Gasteiger partial charge in [-0.3, -0.25) is 4.79 Å². The fourth-order valence-electron chi connectivity index (χ4n) is 2.09. The monoisotopic (exact) mass is 366 g/mol. The van der Waals surface area contributed by atoms with Crippen LogP contribution in [0.4, 0.5) is 0 Å². The van der Waals surface area contributed by atoms with Crippen LogP contribution in [-0.4, -0.2) is 29.2 Å². The van der Waals surface area contributed by atoms with Crippen LogP contribution in [0.15, 0.2) is 28.8 Å². The predicted octanol–water partition coefficient (Wildman–Crippen LogP) is 3.19. The topological polar surface area (TPSA) is 102 Å². The molecule has 0 aliphatic heterocycles. The Morgan fingerprint density at radius 3 is 2.48 bits per heavy atom. The number of hydrogen-bond donors (Lipinski definition) is 2. The van der Waals surface area contributed by atoms with E-state index in [0.717, 1.165) is 0 Å². The molecule has 2 aromatic rings. The van der Waals surface area contributed by atoms with Gasteiger partial charge in [-0.05, 0) is 17.7 Å². The smallest absolute Gasteiger partial charge is 0.330 e. The summed E-state index contributed by atoms with van der Waals surface area (Å²) in [7, 11) is 1.45. The lowest BCUT2D eigenvalue weighted by atomic mass is 9.93. The number of carbonyl (C=O) groups excluding carboxylic acids is 1. The Balaban J connectivity index is 2.24. The van der Waals surface area contributed by atoms with Gasteiger partial charge in [0, 0.05) is 11.5 Å². The van der Waals surface area contributed by atoms with Gasteiger partial charge in [-0.2, -0.15) is 0 Å². The number of nitrogens with one attached hydrogen (secondary N) is 1. The molecule has 1 amide bonds. The number of halogens is 1. The molecule has 2 rings (SSSR count). The summed E-state index contributed by atoms with van der Waals surface area (Å²) in [6.45, 7) is 5.73. The Hall–Kier alpha value is -2.54. The maximum atomic E-state index is 12.3. The van der Waals surface area contributed by atoms with E-state index in [-0.39, 0.29) is 16.1 Å². The first-order valence-electron chi connectivity index (χ1n) is 7.47. The molecule has 134 valence electrons. The van der Waals surface area contributed by atoms with Crippen molar-refractivity contribution < 1.29 is 24.0 Å². The molecule has 1 atom stereocenters. The van der Waals surface area contributed by atoms with Gasteiger partial charge in [0.05, 0.1) is 12.1 Å². The van der Waals surface area contributed by atoms with Crippen LogP contribution < -0.4 is 10.1 Å². The standard InChI is InChI=1S/C17H19ClN2O5/c1-17(2,3)13-8-11(20-25-13)15(21)19-14(16(22)23)9-5-6-12(24-4)10(18)7-9/h5-8,14H,1-4H3,(H,19,21)(H,22,23). The zero-order chi connectivity index (χ0) is 18.8. The third-order valence-electron chi connectivity index (χ3n) is 3.51. The number of amides is 1. The Kier molecular flexibility index (Phi) is 5.37. The maximum absolute atomic E-state index is 12.3. The first kappa shape index (κ1) is 18.8. The summed E-state index contributed by atoms with van der Waals surface area (Å²) in [5.74, 6) is -0.947. The van der Waals surface area contributed by atoms with Crippen LogP contribution in [0.1, 0.15) is 48.6 Å². The van der Waals surface area contributed by atoms with Gasteiger partial charge in [-0.1, -0.05) is 43.6 Å². The SMILES string of the molecule is COc1ccc(C(NC(=O)c2cc(C(C)(C)C)on2)C(=O)O)cc1Cl. The van der Waals surface area contributed by atoms with Gasteiger partial charge >= 0.3 is 5.97 Å². The number of carbonyl (C=O) groups is 2. The lowest BCUT2D eigenvalue weighted by molar-refractivity contribution is -0.139. The second kappa shape index (κ2) is 7.14. The highest BCUT2D eigenvalue weighted by molar-refractivity contribution is 6.32. The highest BCUT2D eigenvalue weighted by atomic mass is 35.5. The van der Waals surface area contributed by atoms with Crippen molar-refractivity contribution in [3.8, 4) is 5.75 Å². The second-order valence-corrected chi connectivity index (χ2v) is 6.87. The van der Waals surface area contributed by atoms with Crippen LogP contribution in [0, 0.1) is 0 Å². The molecule has 7 nitrogen and oxygen atoms in total. The second-order valence-electron chi connectivity index (χ2n) is 6.47. The minimum absolute atomic E-state index is 0.00998. The van der Waals surface area contributed by atoms with Gasteiger partial charge in [0.1, 0.15) is 11.5 Å². The Morgan fingerprint density at radius 1 is 1.32 bits per heavy atom. The summed E-state index contributed by atoms with van der Waals surface area (Å²) >= 11 is 6.03. The molecule has 0 aliphatic carbocycles. The zero-order valence-corrected chi connectivity index (χ0v) is 15.0. The molecule has 1 unspecified atom stereocenters. The molecule has 0 saturated heterocycles.